The van der Waals surface area contributed by atoms with Crippen LogP contribution < -0.4 is 5.32 Å². The summed E-state index contributed by atoms with van der Waals surface area (Å²) in [5.74, 6) is -1.86. The number of nitrogens with zero attached hydrogens (tertiary/aromatic N) is 1. The Morgan fingerprint density at radius 3 is 2.78 bits per heavy atom. The zero-order valence-corrected chi connectivity index (χ0v) is 12.7. The minimum absolute atomic E-state index is 0.0795. The van der Waals surface area contributed by atoms with Crippen molar-refractivity contribution in [1.82, 2.24) is 10.2 Å². The number of carbonyl (C=O) groups is 1. The van der Waals surface area contributed by atoms with Gasteiger partial charge in [-0.15, -0.1) is 0 Å². The van der Waals surface area contributed by atoms with Gasteiger partial charge in [-0.3, -0.25) is 0 Å². The molecule has 2 N–H and O–H groups in total. The Bertz CT molecular complexity index is 621. The van der Waals surface area contributed by atoms with E-state index in [9.17, 15) is 18.7 Å². The minimum Gasteiger partial charge on any atom is -0.391 e. The van der Waals surface area contributed by atoms with Gasteiger partial charge in [0.1, 0.15) is 0 Å². The van der Waals surface area contributed by atoms with E-state index in [0.29, 0.717) is 12.0 Å². The fourth-order valence-corrected chi connectivity index (χ4v) is 3.26. The number of allylic oxidation sites excluding steroid dienone is 1. The average Bonchev–Trinajstić information content (AvgIpc) is 2.93. The fraction of sp³-hybridized carbons (Fsp3) is 0.471. The third kappa shape index (κ3) is 3.52. The lowest BCUT2D eigenvalue weighted by atomic mass is 10.0. The van der Waals surface area contributed by atoms with Gasteiger partial charge >= 0.3 is 6.03 Å². The van der Waals surface area contributed by atoms with Crippen LogP contribution in [0.1, 0.15) is 37.3 Å². The van der Waals surface area contributed by atoms with E-state index in [1.54, 1.807) is 0 Å². The fourth-order valence-electron chi connectivity index (χ4n) is 3.26. The number of benzene rings is 1. The molecule has 6 heteroatoms. The molecule has 23 heavy (non-hydrogen) atoms. The van der Waals surface area contributed by atoms with Gasteiger partial charge in [-0.25, -0.2) is 13.6 Å². The van der Waals surface area contributed by atoms with Gasteiger partial charge in [0.05, 0.1) is 12.1 Å². The van der Waals surface area contributed by atoms with E-state index in [4.69, 9.17) is 0 Å². The van der Waals surface area contributed by atoms with Crippen LogP contribution in [0.3, 0.4) is 0 Å². The van der Waals surface area contributed by atoms with Crippen LogP contribution in [0.15, 0.2) is 30.4 Å². The van der Waals surface area contributed by atoms with E-state index >= 15 is 0 Å². The summed E-state index contributed by atoms with van der Waals surface area (Å²) in [6.45, 7) is 0.193. The van der Waals surface area contributed by atoms with Crippen molar-refractivity contribution in [2.24, 2.45) is 0 Å². The number of aliphatic hydroxyl groups excluding tert-OH is 1. The summed E-state index contributed by atoms with van der Waals surface area (Å²) in [5, 5.41) is 12.9. The number of rotatable bonds is 2. The number of likely N-dealkylation sites (tertiary alicyclic amines) is 1. The summed E-state index contributed by atoms with van der Waals surface area (Å²) in [4.78, 5) is 14.0. The van der Waals surface area contributed by atoms with Crippen LogP contribution >= 0.6 is 0 Å². The second-order valence-electron chi connectivity index (χ2n) is 6.16. The van der Waals surface area contributed by atoms with Crippen LogP contribution in [0.4, 0.5) is 13.6 Å². The van der Waals surface area contributed by atoms with Crippen molar-refractivity contribution >= 4 is 6.03 Å². The van der Waals surface area contributed by atoms with Crippen LogP contribution in [-0.2, 0) is 0 Å². The molecule has 1 heterocycles. The molecule has 1 aliphatic carbocycles. The summed E-state index contributed by atoms with van der Waals surface area (Å²) in [5.41, 5.74) is 0.499. The highest BCUT2D eigenvalue weighted by molar-refractivity contribution is 5.75. The number of hydrogen-bond acceptors (Lipinski definition) is 2. The molecule has 1 saturated heterocycles. The van der Waals surface area contributed by atoms with E-state index in [0.717, 1.165) is 31.4 Å². The normalized spacial score (nSPS) is 27.3. The molecule has 0 aromatic heterocycles. The number of β-amino-alcohol motifs (C(OH)–C–C–N with tert-alkyl or cyclic N) is 1. The molecule has 0 bridgehead atoms. The zero-order valence-electron chi connectivity index (χ0n) is 12.7. The molecule has 2 amide bonds. The summed E-state index contributed by atoms with van der Waals surface area (Å²) >= 11 is 0. The number of amides is 2. The van der Waals surface area contributed by atoms with Gasteiger partial charge in [-0.1, -0.05) is 18.2 Å². The van der Waals surface area contributed by atoms with E-state index in [1.165, 1.54) is 11.0 Å². The highest BCUT2D eigenvalue weighted by atomic mass is 19.2. The third-order valence-electron chi connectivity index (χ3n) is 4.46. The highest BCUT2D eigenvalue weighted by Gasteiger charge is 2.36. The van der Waals surface area contributed by atoms with Crippen molar-refractivity contribution in [2.45, 2.75) is 43.9 Å². The van der Waals surface area contributed by atoms with Crippen LogP contribution in [0.5, 0.6) is 0 Å². The molecule has 0 spiro atoms. The smallest absolute Gasteiger partial charge is 0.318 e. The quantitative estimate of drug-likeness (QED) is 0.823. The molecule has 1 aromatic carbocycles. The lowest BCUT2D eigenvalue weighted by molar-refractivity contribution is 0.167. The monoisotopic (exact) mass is 322 g/mol. The van der Waals surface area contributed by atoms with Crippen LogP contribution in [0.25, 0.3) is 0 Å². The van der Waals surface area contributed by atoms with Gasteiger partial charge in [0.15, 0.2) is 11.6 Å². The third-order valence-corrected chi connectivity index (χ3v) is 4.46. The first-order chi connectivity index (χ1) is 11.0. The van der Waals surface area contributed by atoms with Gasteiger partial charge in [-0.2, -0.15) is 0 Å². The average molecular weight is 322 g/mol. The first-order valence-electron chi connectivity index (χ1n) is 7.89. The predicted molar refractivity (Wildman–Crippen MR) is 81.7 cm³/mol. The molecule has 3 atom stereocenters. The summed E-state index contributed by atoms with van der Waals surface area (Å²) in [6, 6.07) is 2.98. The second-order valence-corrected chi connectivity index (χ2v) is 6.16. The van der Waals surface area contributed by atoms with Crippen LogP contribution in [0.2, 0.25) is 0 Å². The van der Waals surface area contributed by atoms with Crippen molar-refractivity contribution in [1.29, 1.82) is 0 Å². The van der Waals surface area contributed by atoms with Crippen molar-refractivity contribution in [3.05, 3.63) is 47.5 Å². The number of hydrogen-bond donors (Lipinski definition) is 2. The minimum atomic E-state index is -0.943. The summed E-state index contributed by atoms with van der Waals surface area (Å²) in [6.07, 6.45) is 6.40. The van der Waals surface area contributed by atoms with Gasteiger partial charge in [0, 0.05) is 12.6 Å². The molecule has 4 nitrogen and oxygen atoms in total. The first kappa shape index (κ1) is 15.9. The molecule has 1 fully saturated rings. The SMILES string of the molecule is O=C(NC1CC=CCC1)N1CC(O)CC1c1ccc(F)c(F)c1. The lowest BCUT2D eigenvalue weighted by Gasteiger charge is -2.28. The maximum absolute atomic E-state index is 13.5. The van der Waals surface area contributed by atoms with Crippen molar-refractivity contribution in [3.8, 4) is 0 Å². The maximum Gasteiger partial charge on any atom is 0.318 e. The first-order valence-corrected chi connectivity index (χ1v) is 7.89. The number of nitrogens with one attached hydrogen (secondary N) is 1. The molecular weight excluding hydrogens is 302 g/mol. The van der Waals surface area contributed by atoms with E-state index in [2.05, 4.69) is 11.4 Å². The molecule has 1 aromatic rings. The molecule has 3 rings (SSSR count). The van der Waals surface area contributed by atoms with Gasteiger partial charge < -0.3 is 15.3 Å². The van der Waals surface area contributed by atoms with Crippen molar-refractivity contribution < 1.29 is 18.7 Å². The van der Waals surface area contributed by atoms with Gasteiger partial charge in [0.25, 0.3) is 0 Å². The number of carbonyl (C=O) groups excluding carboxylic acids is 1. The molecule has 1 aliphatic heterocycles. The van der Waals surface area contributed by atoms with Crippen molar-refractivity contribution in [2.75, 3.05) is 6.54 Å². The summed E-state index contributed by atoms with van der Waals surface area (Å²) < 4.78 is 26.6. The number of urea groups is 1. The molecule has 124 valence electrons. The molecule has 2 aliphatic rings. The van der Waals surface area contributed by atoms with Gasteiger partial charge in [-0.05, 0) is 43.4 Å². The van der Waals surface area contributed by atoms with E-state index in [1.807, 2.05) is 6.08 Å². The standard InChI is InChI=1S/C17H20F2N2O2/c18-14-7-6-11(8-15(14)19)16-9-13(22)10-21(16)17(23)20-12-4-2-1-3-5-12/h1-2,6-8,12-13,16,22H,3-5,9-10H2,(H,20,23). The molecule has 3 unspecified atom stereocenters. The van der Waals surface area contributed by atoms with Crippen LogP contribution in [-0.4, -0.2) is 34.7 Å². The topological polar surface area (TPSA) is 52.6 Å². The Hall–Kier alpha value is -1.95. The number of aliphatic hydroxyl groups is 1. The Morgan fingerprint density at radius 1 is 1.26 bits per heavy atom. The van der Waals surface area contributed by atoms with Crippen LogP contribution in [0, 0.1) is 11.6 Å². The highest BCUT2D eigenvalue weighted by Crippen LogP contribution is 2.33. The largest absolute Gasteiger partial charge is 0.391 e. The second kappa shape index (κ2) is 6.66. The Kier molecular flexibility index (Phi) is 4.61. The Labute approximate surface area is 133 Å². The van der Waals surface area contributed by atoms with Gasteiger partial charge in [0.2, 0.25) is 0 Å². The maximum atomic E-state index is 13.5. The Balaban J connectivity index is 1.74. The lowest BCUT2D eigenvalue weighted by Crippen LogP contribution is -2.45. The predicted octanol–water partition coefficient (Wildman–Crippen LogP) is 2.89. The summed E-state index contributed by atoms with van der Waals surface area (Å²) in [7, 11) is 0. The zero-order chi connectivity index (χ0) is 16.4. The molecular formula is C17H20F2N2O2. The van der Waals surface area contributed by atoms with E-state index in [-0.39, 0.29) is 18.6 Å². The molecule has 0 radical (unpaired) electrons. The number of halogens is 2. The van der Waals surface area contributed by atoms with E-state index < -0.39 is 23.8 Å². The Morgan fingerprint density at radius 2 is 2.09 bits per heavy atom. The van der Waals surface area contributed by atoms with Crippen molar-refractivity contribution in [3.63, 3.8) is 0 Å². The molecule has 0 saturated carbocycles.